The Morgan fingerprint density at radius 3 is 2.15 bits per heavy atom. The molecule has 178 valence electrons. The van der Waals surface area contributed by atoms with Crippen LogP contribution in [0.15, 0.2) is 29.4 Å². The van der Waals surface area contributed by atoms with E-state index in [1.807, 2.05) is 4.90 Å². The van der Waals surface area contributed by atoms with Gasteiger partial charge in [0.15, 0.2) is 11.0 Å². The Morgan fingerprint density at radius 1 is 0.970 bits per heavy atom. The highest BCUT2D eigenvalue weighted by atomic mass is 32.2. The van der Waals surface area contributed by atoms with Crippen LogP contribution in [0.1, 0.15) is 65.0 Å². The highest BCUT2D eigenvalue weighted by Crippen LogP contribution is 2.37. The Morgan fingerprint density at radius 2 is 1.58 bits per heavy atom. The van der Waals surface area contributed by atoms with Gasteiger partial charge in [-0.1, -0.05) is 69.6 Å². The van der Waals surface area contributed by atoms with Crippen LogP contribution in [0.5, 0.6) is 0 Å². The molecule has 1 saturated carbocycles. The second-order valence-corrected chi connectivity index (χ2v) is 11.1. The maximum absolute atomic E-state index is 12.8. The summed E-state index contributed by atoms with van der Waals surface area (Å²) in [7, 11) is 0. The number of hydrogen-bond donors (Lipinski definition) is 0. The van der Waals surface area contributed by atoms with Crippen molar-refractivity contribution in [2.75, 3.05) is 31.9 Å². The molecule has 2 heterocycles. The maximum atomic E-state index is 12.8. The fraction of sp³-hybridized carbons (Fsp3) is 0.600. The van der Waals surface area contributed by atoms with Crippen molar-refractivity contribution < 1.29 is 9.59 Å². The first kappa shape index (κ1) is 23.8. The van der Waals surface area contributed by atoms with E-state index < -0.39 is 0 Å². The molecule has 1 aliphatic carbocycles. The molecule has 2 aliphatic rings. The molecule has 4 rings (SSSR count). The van der Waals surface area contributed by atoms with Gasteiger partial charge in [0.1, 0.15) is 0 Å². The van der Waals surface area contributed by atoms with E-state index in [9.17, 15) is 9.59 Å². The molecule has 0 bridgehead atoms. The Kier molecular flexibility index (Phi) is 7.12. The summed E-state index contributed by atoms with van der Waals surface area (Å²) in [5.74, 6) is 1.41. The Bertz CT molecular complexity index is 981. The third-order valence-electron chi connectivity index (χ3n) is 6.77. The van der Waals surface area contributed by atoms with Crippen LogP contribution in [-0.2, 0) is 15.0 Å². The summed E-state index contributed by atoms with van der Waals surface area (Å²) in [5, 5.41) is 9.91. The van der Waals surface area contributed by atoms with Crippen molar-refractivity contribution in [1.29, 1.82) is 0 Å². The minimum Gasteiger partial charge on any atom is -0.339 e. The number of amides is 2. The molecule has 2 fully saturated rings. The summed E-state index contributed by atoms with van der Waals surface area (Å²) in [5.41, 5.74) is 2.47. The number of nitrogens with zero attached hydrogens (tertiary/aromatic N) is 5. The van der Waals surface area contributed by atoms with E-state index in [4.69, 9.17) is 0 Å². The van der Waals surface area contributed by atoms with Gasteiger partial charge in [-0.15, -0.1) is 10.2 Å². The fourth-order valence-electron chi connectivity index (χ4n) is 4.67. The van der Waals surface area contributed by atoms with Crippen molar-refractivity contribution in [3.8, 4) is 11.4 Å². The van der Waals surface area contributed by atoms with Crippen LogP contribution in [-0.4, -0.2) is 68.3 Å². The van der Waals surface area contributed by atoms with Gasteiger partial charge in [-0.25, -0.2) is 0 Å². The third kappa shape index (κ3) is 5.42. The van der Waals surface area contributed by atoms with Gasteiger partial charge in [-0.2, -0.15) is 0 Å². The number of piperazine rings is 1. The lowest BCUT2D eigenvalue weighted by molar-refractivity contribution is -0.136. The van der Waals surface area contributed by atoms with E-state index in [1.165, 1.54) is 30.2 Å². The van der Waals surface area contributed by atoms with E-state index >= 15 is 0 Å². The van der Waals surface area contributed by atoms with Crippen molar-refractivity contribution in [3.05, 3.63) is 29.8 Å². The molecular weight excluding hydrogens is 434 g/mol. The molecule has 0 spiro atoms. The van der Waals surface area contributed by atoms with E-state index in [1.54, 1.807) is 11.8 Å². The van der Waals surface area contributed by atoms with Crippen LogP contribution in [0.4, 0.5) is 0 Å². The van der Waals surface area contributed by atoms with Crippen molar-refractivity contribution in [2.24, 2.45) is 0 Å². The molecule has 1 aromatic carbocycles. The zero-order chi connectivity index (χ0) is 23.6. The first-order valence-corrected chi connectivity index (χ1v) is 12.9. The third-order valence-corrected chi connectivity index (χ3v) is 7.69. The molecule has 2 amide bonds. The quantitative estimate of drug-likeness (QED) is 0.616. The Labute approximate surface area is 200 Å². The van der Waals surface area contributed by atoms with Gasteiger partial charge in [0.25, 0.3) is 0 Å². The molecule has 0 unspecified atom stereocenters. The van der Waals surface area contributed by atoms with Crippen LogP contribution in [0.3, 0.4) is 0 Å². The number of carbonyl (C=O) groups is 2. The minimum atomic E-state index is 0.0733. The summed E-state index contributed by atoms with van der Waals surface area (Å²) in [4.78, 5) is 28.0. The predicted molar refractivity (Wildman–Crippen MR) is 131 cm³/mol. The summed E-state index contributed by atoms with van der Waals surface area (Å²) in [6.07, 6.45) is 4.68. The SMILES string of the molecule is CC(=O)N1CCN(C(=O)CSc2nnc(-c3ccc(C(C)(C)C)cc3)n2C2CCCC2)CC1. The molecule has 8 heteroatoms. The lowest BCUT2D eigenvalue weighted by atomic mass is 9.86. The van der Waals surface area contributed by atoms with Gasteiger partial charge in [0.05, 0.1) is 5.75 Å². The van der Waals surface area contributed by atoms with E-state index in [-0.39, 0.29) is 17.2 Å². The first-order valence-electron chi connectivity index (χ1n) is 12.0. The van der Waals surface area contributed by atoms with Gasteiger partial charge in [-0.3, -0.25) is 14.2 Å². The number of thioether (sulfide) groups is 1. The first-order chi connectivity index (χ1) is 15.7. The molecule has 1 saturated heterocycles. The summed E-state index contributed by atoms with van der Waals surface area (Å²) in [6, 6.07) is 9.03. The summed E-state index contributed by atoms with van der Waals surface area (Å²) < 4.78 is 2.27. The van der Waals surface area contributed by atoms with Crippen LogP contribution < -0.4 is 0 Å². The van der Waals surface area contributed by atoms with E-state index in [0.29, 0.717) is 38.0 Å². The average Bonchev–Trinajstić information content (AvgIpc) is 3.46. The van der Waals surface area contributed by atoms with Crippen LogP contribution in [0, 0.1) is 0 Å². The van der Waals surface area contributed by atoms with Crippen LogP contribution >= 0.6 is 11.8 Å². The molecular formula is C25H35N5O2S. The van der Waals surface area contributed by atoms with Crippen LogP contribution in [0.25, 0.3) is 11.4 Å². The van der Waals surface area contributed by atoms with Crippen molar-refractivity contribution in [3.63, 3.8) is 0 Å². The number of carbonyl (C=O) groups excluding carboxylic acids is 2. The Balaban J connectivity index is 1.49. The van der Waals surface area contributed by atoms with Crippen molar-refractivity contribution in [2.45, 2.75) is 70.0 Å². The highest BCUT2D eigenvalue weighted by molar-refractivity contribution is 7.99. The normalized spacial score (nSPS) is 17.6. The second kappa shape index (κ2) is 9.87. The smallest absolute Gasteiger partial charge is 0.233 e. The predicted octanol–water partition coefficient (Wildman–Crippen LogP) is 4.14. The number of hydrogen-bond acceptors (Lipinski definition) is 5. The number of aromatic nitrogens is 3. The zero-order valence-electron chi connectivity index (χ0n) is 20.2. The van der Waals surface area contributed by atoms with Crippen molar-refractivity contribution in [1.82, 2.24) is 24.6 Å². The second-order valence-electron chi connectivity index (χ2n) is 10.1. The van der Waals surface area contributed by atoms with E-state index in [2.05, 4.69) is 59.8 Å². The molecule has 0 radical (unpaired) electrons. The largest absolute Gasteiger partial charge is 0.339 e. The van der Waals surface area contributed by atoms with Gasteiger partial charge in [0, 0.05) is 44.7 Å². The lowest BCUT2D eigenvalue weighted by Gasteiger charge is -2.34. The molecule has 0 atom stereocenters. The summed E-state index contributed by atoms with van der Waals surface area (Å²) >= 11 is 1.48. The van der Waals surface area contributed by atoms with Gasteiger partial charge in [-0.05, 0) is 23.8 Å². The monoisotopic (exact) mass is 469 g/mol. The Hall–Kier alpha value is -2.35. The number of benzene rings is 1. The van der Waals surface area contributed by atoms with Crippen LogP contribution in [0.2, 0.25) is 0 Å². The zero-order valence-corrected chi connectivity index (χ0v) is 21.0. The topological polar surface area (TPSA) is 71.3 Å². The average molecular weight is 470 g/mol. The number of rotatable bonds is 5. The van der Waals surface area contributed by atoms with Crippen molar-refractivity contribution >= 4 is 23.6 Å². The summed E-state index contributed by atoms with van der Waals surface area (Å²) in [6.45, 7) is 10.6. The molecule has 7 nitrogen and oxygen atoms in total. The molecule has 1 aliphatic heterocycles. The molecule has 0 N–H and O–H groups in total. The lowest BCUT2D eigenvalue weighted by Crippen LogP contribution is -2.50. The molecule has 2 aromatic rings. The highest BCUT2D eigenvalue weighted by Gasteiger charge is 2.27. The molecule has 1 aromatic heterocycles. The van der Waals surface area contributed by atoms with Gasteiger partial charge in [0.2, 0.25) is 11.8 Å². The minimum absolute atomic E-state index is 0.0733. The standard InChI is InChI=1S/C25H35N5O2S/c1-18(31)28-13-15-29(16-14-28)22(32)17-33-24-27-26-23(30(24)21-7-5-6-8-21)19-9-11-20(12-10-19)25(2,3)4/h9-12,21H,5-8,13-17H2,1-4H3. The molecule has 33 heavy (non-hydrogen) atoms. The fourth-order valence-corrected chi connectivity index (χ4v) is 5.58. The maximum Gasteiger partial charge on any atom is 0.233 e. The van der Waals surface area contributed by atoms with Gasteiger partial charge < -0.3 is 9.80 Å². The van der Waals surface area contributed by atoms with Gasteiger partial charge >= 0.3 is 0 Å². The van der Waals surface area contributed by atoms with E-state index in [0.717, 1.165) is 29.4 Å².